The fourth-order valence-corrected chi connectivity index (χ4v) is 3.02. The molecule has 1 aromatic heterocycles. The molecule has 0 bridgehead atoms. The second kappa shape index (κ2) is 5.31. The zero-order valence-corrected chi connectivity index (χ0v) is 12.4. The number of nitrogens with zero attached hydrogens (tertiary/aromatic N) is 2. The summed E-state index contributed by atoms with van der Waals surface area (Å²) in [6, 6.07) is 1.58. The minimum atomic E-state index is -0.970. The quantitative estimate of drug-likeness (QED) is 0.884. The lowest BCUT2D eigenvalue weighted by molar-refractivity contribution is -0.169. The van der Waals surface area contributed by atoms with Crippen LogP contribution in [-0.4, -0.2) is 48.2 Å². The Bertz CT molecular complexity index is 521. The normalized spacial score (nSPS) is 21.4. The van der Waals surface area contributed by atoms with Crippen LogP contribution in [0.4, 0.5) is 5.82 Å². The van der Waals surface area contributed by atoms with Crippen molar-refractivity contribution in [1.29, 1.82) is 0 Å². The fourth-order valence-electron chi connectivity index (χ4n) is 2.69. The van der Waals surface area contributed by atoms with Crippen LogP contribution in [0.15, 0.2) is 16.7 Å². The van der Waals surface area contributed by atoms with Crippen LogP contribution >= 0.6 is 15.9 Å². The van der Waals surface area contributed by atoms with Crippen LogP contribution < -0.4 is 4.90 Å². The Morgan fingerprint density at radius 2 is 2.00 bits per heavy atom. The molecular formula is C13H15BrN2O4. The zero-order chi connectivity index (χ0) is 14.2. The van der Waals surface area contributed by atoms with E-state index in [1.54, 1.807) is 12.3 Å². The lowest BCUT2D eigenvalue weighted by Crippen LogP contribution is -2.45. The van der Waals surface area contributed by atoms with Crippen molar-refractivity contribution in [3.05, 3.63) is 22.3 Å². The number of carbonyl (C=O) groups is 1. The molecule has 108 valence electrons. The van der Waals surface area contributed by atoms with Crippen LogP contribution in [0.3, 0.4) is 0 Å². The van der Waals surface area contributed by atoms with E-state index in [-0.39, 0.29) is 5.56 Å². The highest BCUT2D eigenvalue weighted by molar-refractivity contribution is 9.10. The number of carboxylic acids is 1. The summed E-state index contributed by atoms with van der Waals surface area (Å²) >= 11 is 3.25. The summed E-state index contributed by atoms with van der Waals surface area (Å²) in [5, 5.41) is 9.29. The number of anilines is 1. The van der Waals surface area contributed by atoms with Gasteiger partial charge in [-0.3, -0.25) is 0 Å². The Hall–Kier alpha value is -1.18. The van der Waals surface area contributed by atoms with Gasteiger partial charge in [0.2, 0.25) is 0 Å². The van der Waals surface area contributed by atoms with E-state index in [2.05, 4.69) is 20.9 Å². The van der Waals surface area contributed by atoms with Gasteiger partial charge in [-0.25, -0.2) is 9.78 Å². The molecule has 2 aliphatic heterocycles. The van der Waals surface area contributed by atoms with Crippen LogP contribution in [0, 0.1) is 0 Å². The monoisotopic (exact) mass is 342 g/mol. The van der Waals surface area contributed by atoms with E-state index in [0.29, 0.717) is 36.6 Å². The van der Waals surface area contributed by atoms with Crippen LogP contribution in [0.2, 0.25) is 0 Å². The maximum atomic E-state index is 11.3. The number of ether oxygens (including phenoxy) is 2. The van der Waals surface area contributed by atoms with Crippen molar-refractivity contribution in [2.75, 3.05) is 31.2 Å². The molecule has 0 radical (unpaired) electrons. The minimum absolute atomic E-state index is 0.212. The molecule has 2 saturated heterocycles. The van der Waals surface area contributed by atoms with Gasteiger partial charge in [-0.1, -0.05) is 0 Å². The van der Waals surface area contributed by atoms with Crippen molar-refractivity contribution < 1.29 is 19.4 Å². The summed E-state index contributed by atoms with van der Waals surface area (Å²) in [4.78, 5) is 17.6. The van der Waals surface area contributed by atoms with Gasteiger partial charge in [0.1, 0.15) is 11.4 Å². The highest BCUT2D eigenvalue weighted by atomic mass is 79.9. The van der Waals surface area contributed by atoms with Crippen LogP contribution in [0.1, 0.15) is 23.2 Å². The predicted octanol–water partition coefficient (Wildman–Crippen LogP) is 1.89. The van der Waals surface area contributed by atoms with Gasteiger partial charge in [-0.15, -0.1) is 0 Å². The number of halogens is 1. The van der Waals surface area contributed by atoms with E-state index in [0.717, 1.165) is 12.8 Å². The largest absolute Gasteiger partial charge is 0.478 e. The average molecular weight is 343 g/mol. The second-order valence-electron chi connectivity index (χ2n) is 4.92. The van der Waals surface area contributed by atoms with E-state index >= 15 is 0 Å². The highest BCUT2D eigenvalue weighted by Gasteiger charge is 2.40. The fraction of sp³-hybridized carbons (Fsp3) is 0.538. The molecular weight excluding hydrogens is 328 g/mol. The van der Waals surface area contributed by atoms with Gasteiger partial charge in [-0.2, -0.15) is 0 Å². The molecule has 7 heteroatoms. The Kier molecular flexibility index (Phi) is 3.66. The summed E-state index contributed by atoms with van der Waals surface area (Å²) < 4.78 is 12.0. The van der Waals surface area contributed by atoms with Crippen molar-refractivity contribution in [2.45, 2.75) is 18.6 Å². The molecule has 0 aliphatic carbocycles. The third-order valence-electron chi connectivity index (χ3n) is 3.70. The SMILES string of the molecule is O=C(O)c1cc(Br)cnc1N1CCC2(CC1)OCCO2. The number of hydrogen-bond donors (Lipinski definition) is 1. The van der Waals surface area contributed by atoms with Crippen molar-refractivity contribution >= 4 is 27.7 Å². The van der Waals surface area contributed by atoms with Gasteiger partial charge in [-0.05, 0) is 22.0 Å². The van der Waals surface area contributed by atoms with Gasteiger partial charge in [0.15, 0.2) is 5.79 Å². The highest BCUT2D eigenvalue weighted by Crippen LogP contribution is 2.33. The Morgan fingerprint density at radius 3 is 2.60 bits per heavy atom. The number of aromatic carboxylic acids is 1. The number of hydrogen-bond acceptors (Lipinski definition) is 5. The molecule has 6 nitrogen and oxygen atoms in total. The van der Waals surface area contributed by atoms with Gasteiger partial charge >= 0.3 is 5.97 Å². The van der Waals surface area contributed by atoms with Crippen LogP contribution in [0.5, 0.6) is 0 Å². The minimum Gasteiger partial charge on any atom is -0.478 e. The summed E-state index contributed by atoms with van der Waals surface area (Å²) in [5.74, 6) is -0.925. The molecule has 0 amide bonds. The number of rotatable bonds is 2. The number of aromatic nitrogens is 1. The number of piperidine rings is 1. The summed E-state index contributed by atoms with van der Waals surface area (Å²) in [6.07, 6.45) is 3.07. The molecule has 0 unspecified atom stereocenters. The molecule has 2 aliphatic rings. The Labute approximate surface area is 124 Å². The standard InChI is InChI=1S/C13H15BrN2O4/c14-9-7-10(12(17)18)11(15-8-9)16-3-1-13(2-4-16)19-5-6-20-13/h7-8H,1-6H2,(H,17,18). The first kappa shape index (κ1) is 13.8. The average Bonchev–Trinajstić information content (AvgIpc) is 2.88. The van der Waals surface area contributed by atoms with Crippen LogP contribution in [-0.2, 0) is 9.47 Å². The zero-order valence-electron chi connectivity index (χ0n) is 10.8. The third kappa shape index (κ3) is 2.53. The van der Waals surface area contributed by atoms with Crippen LogP contribution in [0.25, 0.3) is 0 Å². The van der Waals surface area contributed by atoms with Crippen molar-refractivity contribution in [1.82, 2.24) is 4.98 Å². The summed E-state index contributed by atoms with van der Waals surface area (Å²) in [6.45, 7) is 2.62. The van der Waals surface area contributed by atoms with Gasteiger partial charge in [0, 0.05) is 36.6 Å². The van der Waals surface area contributed by atoms with E-state index in [1.165, 1.54) is 0 Å². The maximum Gasteiger partial charge on any atom is 0.339 e. The molecule has 0 saturated carbocycles. The first-order chi connectivity index (χ1) is 9.60. The number of carboxylic acid groups (broad SMARTS) is 1. The predicted molar refractivity (Wildman–Crippen MR) is 75.0 cm³/mol. The lowest BCUT2D eigenvalue weighted by Gasteiger charge is -2.38. The molecule has 2 fully saturated rings. The number of pyridine rings is 1. The van der Waals surface area contributed by atoms with Gasteiger partial charge < -0.3 is 19.5 Å². The Morgan fingerprint density at radius 1 is 1.35 bits per heavy atom. The van der Waals surface area contributed by atoms with Gasteiger partial charge in [0.05, 0.1) is 13.2 Å². The molecule has 1 aromatic rings. The molecule has 1 N–H and O–H groups in total. The molecule has 0 aromatic carbocycles. The molecule has 3 rings (SSSR count). The van der Waals surface area contributed by atoms with Crippen molar-refractivity contribution in [3.63, 3.8) is 0 Å². The summed E-state index contributed by atoms with van der Waals surface area (Å²) in [5.41, 5.74) is 0.212. The van der Waals surface area contributed by atoms with E-state index in [1.807, 2.05) is 4.90 Å². The second-order valence-corrected chi connectivity index (χ2v) is 5.84. The molecule has 0 atom stereocenters. The Balaban J connectivity index is 1.79. The van der Waals surface area contributed by atoms with Crippen molar-refractivity contribution in [3.8, 4) is 0 Å². The van der Waals surface area contributed by atoms with Crippen molar-refractivity contribution in [2.24, 2.45) is 0 Å². The first-order valence-electron chi connectivity index (χ1n) is 6.51. The van der Waals surface area contributed by atoms with E-state index in [4.69, 9.17) is 9.47 Å². The first-order valence-corrected chi connectivity index (χ1v) is 7.31. The molecule has 3 heterocycles. The maximum absolute atomic E-state index is 11.3. The molecule has 20 heavy (non-hydrogen) atoms. The smallest absolute Gasteiger partial charge is 0.339 e. The summed E-state index contributed by atoms with van der Waals surface area (Å²) in [7, 11) is 0. The van der Waals surface area contributed by atoms with E-state index < -0.39 is 11.8 Å². The third-order valence-corrected chi connectivity index (χ3v) is 4.14. The van der Waals surface area contributed by atoms with E-state index in [9.17, 15) is 9.90 Å². The molecule has 1 spiro atoms. The topological polar surface area (TPSA) is 71.9 Å². The lowest BCUT2D eigenvalue weighted by atomic mass is 10.0. The van der Waals surface area contributed by atoms with Gasteiger partial charge in [0.25, 0.3) is 0 Å².